The quantitative estimate of drug-likeness (QED) is 0.442. The number of carbonyl (C=O) groups is 1. The lowest BCUT2D eigenvalue weighted by atomic mass is 10.3. The van der Waals surface area contributed by atoms with Gasteiger partial charge in [0.05, 0.1) is 6.04 Å². The van der Waals surface area contributed by atoms with E-state index in [-0.39, 0.29) is 12.1 Å². The molecular formula is C4H7N3O. The van der Waals surface area contributed by atoms with Gasteiger partial charge in [-0.05, 0) is 6.92 Å². The Balaban J connectivity index is 2.73. The number of aliphatic imine (C=N–C) groups is 1. The van der Waals surface area contributed by atoms with E-state index in [4.69, 9.17) is 5.73 Å². The van der Waals surface area contributed by atoms with Crippen LogP contribution in [0.4, 0.5) is 4.79 Å². The minimum Gasteiger partial charge on any atom is -0.385 e. The molecule has 1 aliphatic heterocycles. The van der Waals surface area contributed by atoms with Gasteiger partial charge in [0.15, 0.2) is 0 Å². The van der Waals surface area contributed by atoms with Crippen LogP contribution in [0.1, 0.15) is 6.92 Å². The Kier molecular flexibility index (Phi) is 0.932. The highest BCUT2D eigenvalue weighted by atomic mass is 16.2. The minimum absolute atomic E-state index is 0.0810. The largest absolute Gasteiger partial charge is 0.385 e. The first-order chi connectivity index (χ1) is 3.70. The van der Waals surface area contributed by atoms with E-state index in [1.54, 1.807) is 6.92 Å². The lowest BCUT2D eigenvalue weighted by Gasteiger charge is -1.98. The normalized spacial score (nSPS) is 27.4. The average Bonchev–Trinajstić information content (AvgIpc) is 1.85. The molecule has 1 atom stereocenters. The van der Waals surface area contributed by atoms with Crippen LogP contribution < -0.4 is 11.1 Å². The number of nitrogens with two attached hydrogens (primary N) is 1. The van der Waals surface area contributed by atoms with Gasteiger partial charge in [-0.1, -0.05) is 0 Å². The number of nitrogens with one attached hydrogen (secondary N) is 1. The van der Waals surface area contributed by atoms with Gasteiger partial charge in [0.2, 0.25) is 0 Å². The lowest BCUT2D eigenvalue weighted by Crippen LogP contribution is -2.32. The van der Waals surface area contributed by atoms with Crippen LogP contribution in [0, 0.1) is 0 Å². The molecule has 0 radical (unpaired) electrons. The summed E-state index contributed by atoms with van der Waals surface area (Å²) in [6.07, 6.45) is 0. The molecule has 1 heterocycles. The minimum atomic E-state index is -0.338. The molecule has 0 fully saturated rings. The van der Waals surface area contributed by atoms with Gasteiger partial charge in [0.25, 0.3) is 0 Å². The summed E-state index contributed by atoms with van der Waals surface area (Å²) < 4.78 is 0. The van der Waals surface area contributed by atoms with Crippen LogP contribution in [-0.4, -0.2) is 17.9 Å². The second-order valence-corrected chi connectivity index (χ2v) is 1.71. The summed E-state index contributed by atoms with van der Waals surface area (Å²) in [6.45, 7) is 1.78. The molecule has 1 rings (SSSR count). The highest BCUT2D eigenvalue weighted by Crippen LogP contribution is 1.92. The second kappa shape index (κ2) is 1.47. The molecule has 44 valence electrons. The summed E-state index contributed by atoms with van der Waals surface area (Å²) in [5.41, 5.74) is 5.24. The third kappa shape index (κ3) is 0.641. The maximum absolute atomic E-state index is 10.3. The Morgan fingerprint density at radius 2 is 2.50 bits per heavy atom. The van der Waals surface area contributed by atoms with Crippen molar-refractivity contribution in [3.05, 3.63) is 0 Å². The number of carbonyl (C=O) groups excluding carboxylic acids is 1. The van der Waals surface area contributed by atoms with Crippen LogP contribution in [0.5, 0.6) is 0 Å². The number of hydrogen-bond acceptors (Lipinski definition) is 2. The molecule has 4 heteroatoms. The van der Waals surface area contributed by atoms with Gasteiger partial charge in [-0.3, -0.25) is 0 Å². The molecular weight excluding hydrogens is 106 g/mol. The van der Waals surface area contributed by atoms with E-state index in [2.05, 4.69) is 10.3 Å². The van der Waals surface area contributed by atoms with Gasteiger partial charge in [-0.15, -0.1) is 0 Å². The van der Waals surface area contributed by atoms with Crippen molar-refractivity contribution in [2.24, 2.45) is 10.7 Å². The van der Waals surface area contributed by atoms with Crippen molar-refractivity contribution >= 4 is 11.9 Å². The third-order valence-corrected chi connectivity index (χ3v) is 1.01. The molecule has 2 amide bonds. The Morgan fingerprint density at radius 3 is 2.62 bits per heavy atom. The summed E-state index contributed by atoms with van der Waals surface area (Å²) in [4.78, 5) is 13.7. The van der Waals surface area contributed by atoms with E-state index < -0.39 is 0 Å². The predicted octanol–water partition coefficient (Wildman–Crippen LogP) is -0.545. The topological polar surface area (TPSA) is 67.5 Å². The first-order valence-electron chi connectivity index (χ1n) is 2.34. The molecule has 0 aliphatic carbocycles. The van der Waals surface area contributed by atoms with E-state index in [1.165, 1.54) is 0 Å². The second-order valence-electron chi connectivity index (χ2n) is 1.71. The van der Waals surface area contributed by atoms with Crippen LogP contribution in [0.3, 0.4) is 0 Å². The fourth-order valence-electron chi connectivity index (χ4n) is 0.506. The van der Waals surface area contributed by atoms with Crippen LogP contribution in [-0.2, 0) is 0 Å². The first-order valence-corrected chi connectivity index (χ1v) is 2.34. The predicted molar refractivity (Wildman–Crippen MR) is 29.6 cm³/mol. The van der Waals surface area contributed by atoms with Gasteiger partial charge in [-0.2, -0.15) is 4.99 Å². The zero-order chi connectivity index (χ0) is 6.15. The highest BCUT2D eigenvalue weighted by Gasteiger charge is 2.17. The molecule has 4 nitrogen and oxygen atoms in total. The monoisotopic (exact) mass is 113 g/mol. The van der Waals surface area contributed by atoms with Gasteiger partial charge < -0.3 is 11.1 Å². The molecule has 8 heavy (non-hydrogen) atoms. The maximum Gasteiger partial charge on any atom is 0.343 e. The van der Waals surface area contributed by atoms with Gasteiger partial charge in [-0.25, -0.2) is 4.79 Å². The summed E-state index contributed by atoms with van der Waals surface area (Å²) in [5.74, 6) is 0.370. The van der Waals surface area contributed by atoms with Gasteiger partial charge in [0.1, 0.15) is 5.84 Å². The van der Waals surface area contributed by atoms with Crippen molar-refractivity contribution in [1.29, 1.82) is 0 Å². The van der Waals surface area contributed by atoms with E-state index in [0.717, 1.165) is 0 Å². The molecule has 0 saturated heterocycles. The molecule has 0 spiro atoms. The maximum atomic E-state index is 10.3. The SMILES string of the molecule is CC1NC(=O)N=C1N. The van der Waals surface area contributed by atoms with Crippen LogP contribution >= 0.6 is 0 Å². The van der Waals surface area contributed by atoms with Crippen molar-refractivity contribution in [3.63, 3.8) is 0 Å². The average molecular weight is 113 g/mol. The highest BCUT2D eigenvalue weighted by molar-refractivity contribution is 6.02. The lowest BCUT2D eigenvalue weighted by molar-refractivity contribution is 0.250. The fourth-order valence-corrected chi connectivity index (χ4v) is 0.506. The number of hydrogen-bond donors (Lipinski definition) is 2. The van der Waals surface area contributed by atoms with Crippen molar-refractivity contribution in [2.75, 3.05) is 0 Å². The number of rotatable bonds is 0. The summed E-state index contributed by atoms with van der Waals surface area (Å²) in [6, 6.07) is -0.419. The molecule has 1 unspecified atom stereocenters. The van der Waals surface area contributed by atoms with Crippen molar-refractivity contribution < 1.29 is 4.79 Å². The molecule has 0 bridgehead atoms. The van der Waals surface area contributed by atoms with Crippen molar-refractivity contribution in [1.82, 2.24) is 5.32 Å². The number of amidine groups is 1. The third-order valence-electron chi connectivity index (χ3n) is 1.01. The Bertz CT molecular complexity index is 151. The summed E-state index contributed by atoms with van der Waals surface area (Å²) in [7, 11) is 0. The van der Waals surface area contributed by atoms with E-state index in [0.29, 0.717) is 5.84 Å². The molecule has 0 aromatic rings. The summed E-state index contributed by atoms with van der Waals surface area (Å²) in [5, 5.41) is 2.50. The van der Waals surface area contributed by atoms with Gasteiger partial charge >= 0.3 is 6.03 Å². The van der Waals surface area contributed by atoms with Gasteiger partial charge in [0, 0.05) is 0 Å². The molecule has 3 N–H and O–H groups in total. The molecule has 0 aromatic carbocycles. The van der Waals surface area contributed by atoms with E-state index in [9.17, 15) is 4.79 Å². The Morgan fingerprint density at radius 1 is 1.88 bits per heavy atom. The van der Waals surface area contributed by atoms with Crippen LogP contribution in [0.15, 0.2) is 4.99 Å². The number of nitrogens with zero attached hydrogens (tertiary/aromatic N) is 1. The zero-order valence-corrected chi connectivity index (χ0v) is 4.51. The Labute approximate surface area is 46.8 Å². The van der Waals surface area contributed by atoms with E-state index in [1.807, 2.05) is 0 Å². The summed E-state index contributed by atoms with van der Waals surface area (Å²) >= 11 is 0. The first kappa shape index (κ1) is 5.08. The molecule has 0 saturated carbocycles. The number of amides is 2. The van der Waals surface area contributed by atoms with Crippen molar-refractivity contribution in [3.8, 4) is 0 Å². The molecule has 0 aromatic heterocycles. The van der Waals surface area contributed by atoms with E-state index >= 15 is 0 Å². The zero-order valence-electron chi connectivity index (χ0n) is 4.51. The van der Waals surface area contributed by atoms with Crippen molar-refractivity contribution in [2.45, 2.75) is 13.0 Å². The fraction of sp³-hybridized carbons (Fsp3) is 0.500. The standard InChI is InChI=1S/C4H7N3O/c1-2-3(5)7-4(8)6-2/h2H,1H3,(H3,5,6,7,8). The number of urea groups is 1. The molecule has 1 aliphatic rings. The van der Waals surface area contributed by atoms with Crippen LogP contribution in [0.2, 0.25) is 0 Å². The Hall–Kier alpha value is -1.06. The smallest absolute Gasteiger partial charge is 0.343 e. The van der Waals surface area contributed by atoms with Crippen LogP contribution in [0.25, 0.3) is 0 Å².